The second kappa shape index (κ2) is 6.03. The van der Waals surface area contributed by atoms with Gasteiger partial charge in [-0.05, 0) is 48.9 Å². The number of carbonyl (C=O) groups is 1. The number of hydrogen-bond acceptors (Lipinski definition) is 2. The normalized spacial score (nSPS) is 25.8. The molecule has 130 valence electrons. The maximum absolute atomic E-state index is 13.8. The van der Waals surface area contributed by atoms with Gasteiger partial charge in [-0.25, -0.2) is 9.18 Å². The van der Waals surface area contributed by atoms with E-state index in [1.165, 1.54) is 6.07 Å². The SMILES string of the molecule is C[C@@H]1CC2(CCCC2)N(C(=O)N2CCOCC2)c2ccc(F)cc21. The number of halogens is 1. The molecule has 0 aromatic heterocycles. The third-order valence-corrected chi connectivity index (χ3v) is 5.93. The molecule has 3 aliphatic rings. The van der Waals surface area contributed by atoms with Crippen molar-refractivity contribution in [1.82, 2.24) is 4.90 Å². The summed E-state index contributed by atoms with van der Waals surface area (Å²) >= 11 is 0. The Morgan fingerprint density at radius 2 is 1.96 bits per heavy atom. The van der Waals surface area contributed by atoms with Gasteiger partial charge in [0.25, 0.3) is 0 Å². The van der Waals surface area contributed by atoms with E-state index in [1.54, 1.807) is 12.1 Å². The minimum Gasteiger partial charge on any atom is -0.378 e. The third-order valence-electron chi connectivity index (χ3n) is 5.93. The summed E-state index contributed by atoms with van der Waals surface area (Å²) in [5.74, 6) is 0.0595. The van der Waals surface area contributed by atoms with Crippen LogP contribution < -0.4 is 4.90 Å². The lowest BCUT2D eigenvalue weighted by atomic mass is 9.77. The second-order valence-electron chi connectivity index (χ2n) is 7.46. The molecule has 1 spiro atoms. The molecule has 24 heavy (non-hydrogen) atoms. The monoisotopic (exact) mass is 332 g/mol. The first-order valence-electron chi connectivity index (χ1n) is 9.07. The van der Waals surface area contributed by atoms with Crippen LogP contribution in [0.2, 0.25) is 0 Å². The van der Waals surface area contributed by atoms with Gasteiger partial charge < -0.3 is 9.64 Å². The largest absolute Gasteiger partial charge is 0.378 e. The molecule has 1 aromatic carbocycles. The van der Waals surface area contributed by atoms with Crippen molar-refractivity contribution in [3.05, 3.63) is 29.6 Å². The number of fused-ring (bicyclic) bond motifs is 1. The van der Waals surface area contributed by atoms with Crippen LogP contribution in [0.5, 0.6) is 0 Å². The average molecular weight is 332 g/mol. The molecule has 4 nitrogen and oxygen atoms in total. The van der Waals surface area contributed by atoms with E-state index in [0.29, 0.717) is 26.3 Å². The number of hydrogen-bond donors (Lipinski definition) is 0. The number of ether oxygens (including phenoxy) is 1. The van der Waals surface area contributed by atoms with Crippen LogP contribution in [-0.4, -0.2) is 42.8 Å². The molecule has 0 N–H and O–H groups in total. The fraction of sp³-hybridized carbons (Fsp3) is 0.632. The summed E-state index contributed by atoms with van der Waals surface area (Å²) in [6, 6.07) is 4.97. The smallest absolute Gasteiger partial charge is 0.325 e. The number of anilines is 1. The van der Waals surface area contributed by atoms with Gasteiger partial charge in [0, 0.05) is 18.8 Å². The topological polar surface area (TPSA) is 32.8 Å². The van der Waals surface area contributed by atoms with E-state index >= 15 is 0 Å². The molecule has 1 atom stereocenters. The van der Waals surface area contributed by atoms with Gasteiger partial charge in [-0.2, -0.15) is 0 Å². The highest BCUT2D eigenvalue weighted by Crippen LogP contribution is 2.51. The molecule has 0 bridgehead atoms. The lowest BCUT2D eigenvalue weighted by Crippen LogP contribution is -2.59. The van der Waals surface area contributed by atoms with Crippen LogP contribution >= 0.6 is 0 Å². The van der Waals surface area contributed by atoms with E-state index < -0.39 is 0 Å². The lowest BCUT2D eigenvalue weighted by molar-refractivity contribution is 0.0531. The number of urea groups is 1. The Bertz CT molecular complexity index is 636. The number of carbonyl (C=O) groups excluding carboxylic acids is 1. The van der Waals surface area contributed by atoms with Crippen molar-refractivity contribution in [2.45, 2.75) is 50.5 Å². The van der Waals surface area contributed by atoms with Gasteiger partial charge in [0.05, 0.1) is 18.8 Å². The molecule has 1 aromatic rings. The zero-order valence-corrected chi connectivity index (χ0v) is 14.3. The molecule has 1 saturated heterocycles. The molecule has 5 heteroatoms. The molecular weight excluding hydrogens is 307 g/mol. The maximum Gasteiger partial charge on any atom is 0.325 e. The Kier molecular flexibility index (Phi) is 3.99. The van der Waals surface area contributed by atoms with Crippen molar-refractivity contribution < 1.29 is 13.9 Å². The first-order valence-corrected chi connectivity index (χ1v) is 9.07. The molecule has 4 rings (SSSR count). The summed E-state index contributed by atoms with van der Waals surface area (Å²) in [7, 11) is 0. The molecule has 1 aliphatic carbocycles. The predicted molar refractivity (Wildman–Crippen MR) is 90.9 cm³/mol. The third kappa shape index (κ3) is 2.50. The minimum absolute atomic E-state index is 0.0694. The summed E-state index contributed by atoms with van der Waals surface area (Å²) in [6.45, 7) is 4.63. The molecule has 2 aliphatic heterocycles. The highest BCUT2D eigenvalue weighted by atomic mass is 19.1. The van der Waals surface area contributed by atoms with Crippen LogP contribution in [-0.2, 0) is 4.74 Å². The molecule has 2 heterocycles. The summed E-state index contributed by atoms with van der Waals surface area (Å²) in [4.78, 5) is 17.3. The van der Waals surface area contributed by atoms with E-state index in [9.17, 15) is 9.18 Å². The highest BCUT2D eigenvalue weighted by Gasteiger charge is 2.49. The Labute approximate surface area is 142 Å². The molecule has 0 unspecified atom stereocenters. The molecule has 2 fully saturated rings. The molecular formula is C19H25FN2O2. The van der Waals surface area contributed by atoms with Crippen molar-refractivity contribution in [1.29, 1.82) is 0 Å². The molecule has 0 radical (unpaired) electrons. The van der Waals surface area contributed by atoms with Crippen molar-refractivity contribution in [2.75, 3.05) is 31.2 Å². The number of morpholine rings is 1. The van der Waals surface area contributed by atoms with Gasteiger partial charge in [-0.15, -0.1) is 0 Å². The van der Waals surface area contributed by atoms with Crippen LogP contribution in [0.4, 0.5) is 14.9 Å². The Hall–Kier alpha value is -1.62. The summed E-state index contributed by atoms with van der Waals surface area (Å²) in [5.41, 5.74) is 1.78. The minimum atomic E-state index is -0.221. The van der Waals surface area contributed by atoms with E-state index in [0.717, 1.165) is 43.4 Å². The number of benzene rings is 1. The van der Waals surface area contributed by atoms with Crippen LogP contribution in [0.15, 0.2) is 18.2 Å². The summed E-state index contributed by atoms with van der Waals surface area (Å²) in [5, 5.41) is 0. The van der Waals surface area contributed by atoms with Gasteiger partial charge in [0.15, 0.2) is 0 Å². The standard InChI is InChI=1S/C19H25FN2O2/c1-14-13-19(6-2-3-7-19)22(17-5-4-15(20)12-16(14)17)18(23)21-8-10-24-11-9-21/h4-5,12,14H,2-3,6-11,13H2,1H3/t14-/m1/s1. The van der Waals surface area contributed by atoms with E-state index in [2.05, 4.69) is 6.92 Å². The van der Waals surface area contributed by atoms with Gasteiger partial charge in [-0.1, -0.05) is 19.8 Å². The number of amides is 2. The average Bonchev–Trinajstić information content (AvgIpc) is 3.05. The first-order chi connectivity index (χ1) is 11.6. The molecule has 2 amide bonds. The Balaban J connectivity index is 1.77. The maximum atomic E-state index is 13.8. The van der Waals surface area contributed by atoms with E-state index in [1.807, 2.05) is 9.80 Å². The van der Waals surface area contributed by atoms with Crippen LogP contribution in [0.3, 0.4) is 0 Å². The van der Waals surface area contributed by atoms with Crippen molar-refractivity contribution in [2.24, 2.45) is 0 Å². The molecule has 1 saturated carbocycles. The van der Waals surface area contributed by atoms with Crippen molar-refractivity contribution in [3.63, 3.8) is 0 Å². The first kappa shape index (κ1) is 15.9. The second-order valence-corrected chi connectivity index (χ2v) is 7.46. The van der Waals surface area contributed by atoms with Crippen molar-refractivity contribution >= 4 is 11.7 Å². The fourth-order valence-corrected chi connectivity index (χ4v) is 4.81. The summed E-state index contributed by atoms with van der Waals surface area (Å²) in [6.07, 6.45) is 5.35. The van der Waals surface area contributed by atoms with Gasteiger partial charge >= 0.3 is 6.03 Å². The van der Waals surface area contributed by atoms with Gasteiger partial charge in [0.1, 0.15) is 5.82 Å². The van der Waals surface area contributed by atoms with E-state index in [4.69, 9.17) is 4.74 Å². The lowest BCUT2D eigenvalue weighted by Gasteiger charge is -2.49. The van der Waals surface area contributed by atoms with Crippen LogP contribution in [0.1, 0.15) is 50.5 Å². The predicted octanol–water partition coefficient (Wildman–Crippen LogP) is 3.90. The Morgan fingerprint density at radius 1 is 1.25 bits per heavy atom. The highest BCUT2D eigenvalue weighted by molar-refractivity contribution is 5.95. The van der Waals surface area contributed by atoms with Gasteiger partial charge in [0.2, 0.25) is 0 Å². The van der Waals surface area contributed by atoms with Gasteiger partial charge in [-0.3, -0.25) is 4.90 Å². The summed E-state index contributed by atoms with van der Waals surface area (Å²) < 4.78 is 19.2. The van der Waals surface area contributed by atoms with Crippen LogP contribution in [0, 0.1) is 5.82 Å². The van der Waals surface area contributed by atoms with Crippen LogP contribution in [0.25, 0.3) is 0 Å². The Morgan fingerprint density at radius 3 is 2.67 bits per heavy atom. The number of rotatable bonds is 0. The zero-order valence-electron chi connectivity index (χ0n) is 14.3. The zero-order chi connectivity index (χ0) is 16.7. The van der Waals surface area contributed by atoms with E-state index in [-0.39, 0.29) is 23.3 Å². The number of nitrogens with zero attached hydrogens (tertiary/aromatic N) is 2. The quantitative estimate of drug-likeness (QED) is 0.722. The van der Waals surface area contributed by atoms with Crippen molar-refractivity contribution in [3.8, 4) is 0 Å². The fourth-order valence-electron chi connectivity index (χ4n) is 4.81.